The first-order chi connectivity index (χ1) is 13.9. The maximum absolute atomic E-state index is 12.8. The first kappa shape index (κ1) is 21.4. The van der Waals surface area contributed by atoms with Gasteiger partial charge >= 0.3 is 5.97 Å². The average molecular weight is 416 g/mol. The molecule has 1 aliphatic rings. The van der Waals surface area contributed by atoms with Crippen LogP contribution >= 0.6 is 11.3 Å². The summed E-state index contributed by atoms with van der Waals surface area (Å²) in [6, 6.07) is 7.79. The van der Waals surface area contributed by atoms with Crippen LogP contribution in [0.2, 0.25) is 0 Å². The Balaban J connectivity index is 1.74. The first-order valence-corrected chi connectivity index (χ1v) is 11.1. The van der Waals surface area contributed by atoms with Crippen molar-refractivity contribution in [3.63, 3.8) is 0 Å². The highest BCUT2D eigenvalue weighted by Crippen LogP contribution is 2.38. The second-order valence-electron chi connectivity index (χ2n) is 7.61. The molecule has 1 atom stereocenters. The maximum atomic E-state index is 12.8. The number of fused-ring (bicyclic) bond motifs is 1. The Morgan fingerprint density at radius 1 is 1.10 bits per heavy atom. The minimum Gasteiger partial charge on any atom is -0.481 e. The third kappa shape index (κ3) is 4.99. The zero-order chi connectivity index (χ0) is 21.0. The van der Waals surface area contributed by atoms with E-state index in [0.29, 0.717) is 28.8 Å². The van der Waals surface area contributed by atoms with Gasteiger partial charge in [0, 0.05) is 4.88 Å². The second kappa shape index (κ2) is 9.44. The normalized spacial score (nSPS) is 14.2. The fourth-order valence-corrected chi connectivity index (χ4v) is 4.76. The van der Waals surface area contributed by atoms with Crippen molar-refractivity contribution >= 4 is 28.2 Å². The minimum atomic E-state index is -0.686. The molecule has 1 heterocycles. The lowest BCUT2D eigenvalue weighted by Gasteiger charge is -2.16. The van der Waals surface area contributed by atoms with E-state index in [-0.39, 0.29) is 11.9 Å². The minimum absolute atomic E-state index is 0.276. The summed E-state index contributed by atoms with van der Waals surface area (Å²) in [6.45, 7) is 8.07. The third-order valence-electron chi connectivity index (χ3n) is 5.12. The third-order valence-corrected chi connectivity index (χ3v) is 6.32. The van der Waals surface area contributed by atoms with Crippen molar-refractivity contribution < 1.29 is 19.1 Å². The number of carbonyl (C=O) groups excluding carboxylic acids is 2. The molecule has 3 rings (SSSR count). The van der Waals surface area contributed by atoms with Crippen LogP contribution in [0, 0.1) is 0 Å². The van der Waals surface area contributed by atoms with Gasteiger partial charge in [-0.25, -0.2) is 4.79 Å². The summed E-state index contributed by atoms with van der Waals surface area (Å²) in [6.07, 6.45) is 3.26. The number of hydrogen-bond acceptors (Lipinski definition) is 5. The average Bonchev–Trinajstić information content (AvgIpc) is 3.06. The quantitative estimate of drug-likeness (QED) is 0.621. The molecule has 0 radical (unpaired) electrons. The lowest BCUT2D eigenvalue weighted by atomic mass is 9.95. The Morgan fingerprint density at radius 2 is 1.79 bits per heavy atom. The van der Waals surface area contributed by atoms with Crippen molar-refractivity contribution in [2.24, 2.45) is 0 Å². The molecule has 0 spiro atoms. The molecule has 0 unspecified atom stereocenters. The van der Waals surface area contributed by atoms with E-state index in [4.69, 9.17) is 9.47 Å². The molecule has 1 aromatic carbocycles. The van der Waals surface area contributed by atoms with Gasteiger partial charge < -0.3 is 14.8 Å². The van der Waals surface area contributed by atoms with Crippen molar-refractivity contribution in [2.45, 2.75) is 65.4 Å². The monoisotopic (exact) mass is 415 g/mol. The van der Waals surface area contributed by atoms with Crippen LogP contribution in [0.25, 0.3) is 0 Å². The van der Waals surface area contributed by atoms with Gasteiger partial charge in [0.15, 0.2) is 6.10 Å². The molecule has 29 heavy (non-hydrogen) atoms. The lowest BCUT2D eigenvalue weighted by Crippen LogP contribution is -2.30. The van der Waals surface area contributed by atoms with Gasteiger partial charge in [-0.15, -0.1) is 11.3 Å². The Kier molecular flexibility index (Phi) is 6.96. The van der Waals surface area contributed by atoms with Crippen LogP contribution in [-0.2, 0) is 22.4 Å². The fourth-order valence-electron chi connectivity index (χ4n) is 3.48. The maximum Gasteiger partial charge on any atom is 0.341 e. The van der Waals surface area contributed by atoms with Crippen LogP contribution in [0.15, 0.2) is 24.3 Å². The van der Waals surface area contributed by atoms with Gasteiger partial charge in [0.25, 0.3) is 5.91 Å². The van der Waals surface area contributed by atoms with E-state index in [1.807, 2.05) is 24.3 Å². The number of rotatable bonds is 7. The van der Waals surface area contributed by atoms with E-state index in [1.165, 1.54) is 21.8 Å². The number of ether oxygens (including phenoxy) is 2. The Bertz CT molecular complexity index is 870. The highest BCUT2D eigenvalue weighted by atomic mass is 32.1. The van der Waals surface area contributed by atoms with Crippen molar-refractivity contribution in [2.75, 3.05) is 11.9 Å². The second-order valence-corrected chi connectivity index (χ2v) is 8.71. The summed E-state index contributed by atoms with van der Waals surface area (Å²) in [4.78, 5) is 26.5. The Labute approximate surface area is 176 Å². The number of amides is 1. The number of nitrogens with one attached hydrogen (secondary N) is 1. The summed E-state index contributed by atoms with van der Waals surface area (Å²) in [5.74, 6) is 0.450. The number of anilines is 1. The molecule has 0 fully saturated rings. The molecular weight excluding hydrogens is 386 g/mol. The van der Waals surface area contributed by atoms with Gasteiger partial charge in [-0.3, -0.25) is 4.79 Å². The Morgan fingerprint density at radius 3 is 2.45 bits per heavy atom. The van der Waals surface area contributed by atoms with Gasteiger partial charge in [0.2, 0.25) is 0 Å². The van der Waals surface area contributed by atoms with Gasteiger partial charge in [0.05, 0.1) is 12.2 Å². The van der Waals surface area contributed by atoms with Crippen LogP contribution in [-0.4, -0.2) is 24.6 Å². The van der Waals surface area contributed by atoms with Gasteiger partial charge in [0.1, 0.15) is 10.8 Å². The van der Waals surface area contributed by atoms with E-state index < -0.39 is 6.10 Å². The molecule has 0 bridgehead atoms. The van der Waals surface area contributed by atoms with Crippen LogP contribution in [0.4, 0.5) is 5.00 Å². The molecule has 0 saturated carbocycles. The van der Waals surface area contributed by atoms with Crippen LogP contribution < -0.4 is 10.1 Å². The van der Waals surface area contributed by atoms with E-state index in [1.54, 1.807) is 13.8 Å². The molecule has 1 aliphatic carbocycles. The molecule has 156 valence electrons. The Hall–Kier alpha value is -2.34. The molecule has 1 N–H and O–H groups in total. The standard InChI is InChI=1S/C23H29NO4S/c1-5-27-23(26)20-18-8-6-7-9-19(18)29-22(20)24-21(25)15(4)28-17-12-10-16(11-13-17)14(2)3/h10-15H,5-9H2,1-4H3,(H,24,25)/t15-/m1/s1. The smallest absolute Gasteiger partial charge is 0.341 e. The summed E-state index contributed by atoms with van der Waals surface area (Å²) in [7, 11) is 0. The van der Waals surface area contributed by atoms with Crippen molar-refractivity contribution in [3.05, 3.63) is 45.8 Å². The van der Waals surface area contributed by atoms with Crippen molar-refractivity contribution in [3.8, 4) is 5.75 Å². The predicted molar refractivity (Wildman–Crippen MR) is 116 cm³/mol. The molecule has 6 heteroatoms. The van der Waals surface area contributed by atoms with Crippen LogP contribution in [0.1, 0.15) is 72.8 Å². The highest BCUT2D eigenvalue weighted by molar-refractivity contribution is 7.17. The topological polar surface area (TPSA) is 64.6 Å². The summed E-state index contributed by atoms with van der Waals surface area (Å²) in [5.41, 5.74) is 2.78. The summed E-state index contributed by atoms with van der Waals surface area (Å²) in [5, 5.41) is 3.49. The van der Waals surface area contributed by atoms with Crippen molar-refractivity contribution in [1.82, 2.24) is 0 Å². The van der Waals surface area contributed by atoms with Gasteiger partial charge in [-0.05, 0) is 68.7 Å². The van der Waals surface area contributed by atoms with Crippen LogP contribution in [0.3, 0.4) is 0 Å². The zero-order valence-corrected chi connectivity index (χ0v) is 18.4. The molecule has 0 saturated heterocycles. The number of benzene rings is 1. The SMILES string of the molecule is CCOC(=O)c1c(NC(=O)[C@@H](C)Oc2ccc(C(C)C)cc2)sc2c1CCCC2. The molecule has 0 aliphatic heterocycles. The number of aryl methyl sites for hydroxylation is 1. The van der Waals surface area contributed by atoms with Gasteiger partial charge in [-0.1, -0.05) is 26.0 Å². The molecule has 1 aromatic heterocycles. The molecule has 2 aromatic rings. The first-order valence-electron chi connectivity index (χ1n) is 10.3. The summed E-state index contributed by atoms with van der Waals surface area (Å²) < 4.78 is 11.1. The fraction of sp³-hybridized carbons (Fsp3) is 0.478. The number of thiophene rings is 1. The predicted octanol–water partition coefficient (Wildman–Crippen LogP) is 5.33. The lowest BCUT2D eigenvalue weighted by molar-refractivity contribution is -0.122. The van der Waals surface area contributed by atoms with E-state index in [0.717, 1.165) is 31.2 Å². The number of hydrogen-bond donors (Lipinski definition) is 1. The zero-order valence-electron chi connectivity index (χ0n) is 17.5. The molecular formula is C23H29NO4S. The molecule has 5 nitrogen and oxygen atoms in total. The van der Waals surface area contributed by atoms with Crippen molar-refractivity contribution in [1.29, 1.82) is 0 Å². The molecule has 1 amide bonds. The van der Waals surface area contributed by atoms with E-state index in [9.17, 15) is 9.59 Å². The summed E-state index contributed by atoms with van der Waals surface area (Å²) >= 11 is 1.48. The van der Waals surface area contributed by atoms with E-state index >= 15 is 0 Å². The van der Waals surface area contributed by atoms with Gasteiger partial charge in [-0.2, -0.15) is 0 Å². The number of esters is 1. The highest BCUT2D eigenvalue weighted by Gasteiger charge is 2.28. The largest absolute Gasteiger partial charge is 0.481 e. The van der Waals surface area contributed by atoms with Crippen LogP contribution in [0.5, 0.6) is 5.75 Å². The van der Waals surface area contributed by atoms with E-state index in [2.05, 4.69) is 19.2 Å². The number of carbonyl (C=O) groups is 2.